The Balaban J connectivity index is 0.00000361. The molecule has 4 heteroatoms. The van der Waals surface area contributed by atoms with Crippen LogP contribution in [0, 0.1) is 6.92 Å². The molecule has 20 heavy (non-hydrogen) atoms. The molecule has 0 unspecified atom stereocenters. The molecule has 114 valence electrons. The molecule has 0 radical (unpaired) electrons. The Morgan fingerprint density at radius 3 is 1.85 bits per heavy atom. The van der Waals surface area contributed by atoms with Crippen LogP contribution in [-0.4, -0.2) is 21.8 Å². The molecule has 0 aliphatic heterocycles. The van der Waals surface area contributed by atoms with E-state index in [0.717, 1.165) is 11.4 Å². The monoisotopic (exact) mass is 298 g/mol. The van der Waals surface area contributed by atoms with Crippen LogP contribution in [0.25, 0.3) is 0 Å². The number of carbonyl (C=O) groups excluding carboxylic acids is 1. The van der Waals surface area contributed by atoms with Crippen LogP contribution in [0.15, 0.2) is 12.3 Å². The third-order valence-electron chi connectivity index (χ3n) is 3.05. The largest absolute Gasteiger partial charge is 0.347 e. The number of aryl methyl sites for hydroxylation is 1. The average Bonchev–Trinajstić information content (AvgIpc) is 2.11. The van der Waals surface area contributed by atoms with Crippen molar-refractivity contribution >= 4 is 24.0 Å². The smallest absolute Gasteiger partial charge is 0.161 e. The molecule has 1 aromatic rings. The maximum Gasteiger partial charge on any atom is 0.161 e. The fraction of sp³-hybridized carbons (Fsp3) is 0.625. The Kier molecular flexibility index (Phi) is 5.79. The van der Waals surface area contributed by atoms with Crippen molar-refractivity contribution in [3.8, 4) is 0 Å². The Hall–Kier alpha value is -1.09. The van der Waals surface area contributed by atoms with E-state index in [1.807, 2.05) is 13.0 Å². The number of ketones is 1. The maximum atomic E-state index is 11.5. The van der Waals surface area contributed by atoms with Crippen LogP contribution < -0.4 is 4.90 Å². The predicted octanol–water partition coefficient (Wildman–Crippen LogP) is 4.42. The summed E-state index contributed by atoms with van der Waals surface area (Å²) in [4.78, 5) is 18.3. The molecule has 0 aromatic carbocycles. The molecule has 0 fully saturated rings. The lowest BCUT2D eigenvalue weighted by molar-refractivity contribution is 0.101. The third-order valence-corrected chi connectivity index (χ3v) is 3.05. The van der Waals surface area contributed by atoms with E-state index >= 15 is 0 Å². The van der Waals surface area contributed by atoms with Crippen molar-refractivity contribution in [3.63, 3.8) is 0 Å². The molecule has 0 aliphatic rings. The Bertz CT molecular complexity index is 470. The van der Waals surface area contributed by atoms with E-state index in [2.05, 4.69) is 51.4 Å². The van der Waals surface area contributed by atoms with Gasteiger partial charge in [-0.15, -0.1) is 12.4 Å². The van der Waals surface area contributed by atoms with Crippen molar-refractivity contribution in [3.05, 3.63) is 23.4 Å². The SMILES string of the molecule is CC(=O)c1cnc(N(C(C)(C)C)C(C)(C)C)cc1C.Cl. The zero-order valence-electron chi connectivity index (χ0n) is 13.9. The number of hydrogen-bond acceptors (Lipinski definition) is 3. The van der Waals surface area contributed by atoms with Crippen LogP contribution in [0.5, 0.6) is 0 Å². The van der Waals surface area contributed by atoms with Crippen LogP contribution in [-0.2, 0) is 0 Å². The molecule has 0 bridgehead atoms. The summed E-state index contributed by atoms with van der Waals surface area (Å²) in [6.07, 6.45) is 1.69. The number of hydrogen-bond donors (Lipinski definition) is 0. The fourth-order valence-electron chi connectivity index (χ4n) is 2.73. The van der Waals surface area contributed by atoms with Gasteiger partial charge in [-0.05, 0) is 67.0 Å². The molecule has 0 saturated carbocycles. The molecule has 1 heterocycles. The standard InChI is InChI=1S/C16H26N2O.ClH/c1-11-9-14(17-10-13(11)12(2)19)18(15(3,4)5)16(6,7)8;/h9-10H,1-8H3;1H. The first-order valence-electron chi connectivity index (χ1n) is 6.72. The van der Waals surface area contributed by atoms with E-state index < -0.39 is 0 Å². The normalized spacial score (nSPS) is 11.8. The van der Waals surface area contributed by atoms with E-state index in [0.29, 0.717) is 5.56 Å². The number of carbonyl (C=O) groups is 1. The minimum absolute atomic E-state index is 0. The number of aromatic nitrogens is 1. The Labute approximate surface area is 129 Å². The third kappa shape index (κ3) is 4.20. The highest BCUT2D eigenvalue weighted by molar-refractivity contribution is 5.95. The Morgan fingerprint density at radius 1 is 1.10 bits per heavy atom. The second kappa shape index (κ2) is 6.13. The van der Waals surface area contributed by atoms with Crippen molar-refractivity contribution in [1.29, 1.82) is 0 Å². The van der Waals surface area contributed by atoms with Gasteiger partial charge in [0.05, 0.1) is 0 Å². The molecular weight excluding hydrogens is 272 g/mol. The second-order valence-electron chi connectivity index (χ2n) is 7.09. The summed E-state index contributed by atoms with van der Waals surface area (Å²) in [5.41, 5.74) is 1.62. The molecule has 0 aliphatic carbocycles. The van der Waals surface area contributed by atoms with Gasteiger partial charge in [0, 0.05) is 22.8 Å². The number of Topliss-reactive ketones (excluding diaryl/α,β-unsaturated/α-hetero) is 1. The first-order valence-corrected chi connectivity index (χ1v) is 6.72. The minimum Gasteiger partial charge on any atom is -0.347 e. The summed E-state index contributed by atoms with van der Waals surface area (Å²) < 4.78 is 0. The predicted molar refractivity (Wildman–Crippen MR) is 88.2 cm³/mol. The van der Waals surface area contributed by atoms with Crippen molar-refractivity contribution in [2.45, 2.75) is 66.5 Å². The van der Waals surface area contributed by atoms with Gasteiger partial charge in [-0.2, -0.15) is 0 Å². The van der Waals surface area contributed by atoms with Crippen LogP contribution in [0.2, 0.25) is 0 Å². The lowest BCUT2D eigenvalue weighted by atomic mass is 9.95. The quantitative estimate of drug-likeness (QED) is 0.758. The molecule has 1 aromatic heterocycles. The lowest BCUT2D eigenvalue weighted by Gasteiger charge is -2.46. The summed E-state index contributed by atoms with van der Waals surface area (Å²) in [7, 11) is 0. The zero-order chi connectivity index (χ0) is 15.0. The number of rotatable bonds is 2. The van der Waals surface area contributed by atoms with Crippen molar-refractivity contribution < 1.29 is 4.79 Å². The Morgan fingerprint density at radius 2 is 1.55 bits per heavy atom. The average molecular weight is 299 g/mol. The fourth-order valence-corrected chi connectivity index (χ4v) is 2.73. The van der Waals surface area contributed by atoms with Gasteiger partial charge in [0.15, 0.2) is 5.78 Å². The van der Waals surface area contributed by atoms with E-state index in [-0.39, 0.29) is 29.3 Å². The summed E-state index contributed by atoms with van der Waals surface area (Å²) in [6, 6.07) is 2.01. The topological polar surface area (TPSA) is 33.2 Å². The van der Waals surface area contributed by atoms with E-state index in [9.17, 15) is 4.79 Å². The van der Waals surface area contributed by atoms with Crippen molar-refractivity contribution in [2.75, 3.05) is 4.90 Å². The molecule has 0 atom stereocenters. The van der Waals surface area contributed by atoms with E-state index in [1.54, 1.807) is 13.1 Å². The summed E-state index contributed by atoms with van der Waals surface area (Å²) >= 11 is 0. The molecule has 1 rings (SSSR count). The lowest BCUT2D eigenvalue weighted by Crippen LogP contribution is -2.53. The summed E-state index contributed by atoms with van der Waals surface area (Å²) in [6.45, 7) is 16.6. The van der Waals surface area contributed by atoms with Gasteiger partial charge in [0.2, 0.25) is 0 Å². The first-order chi connectivity index (χ1) is 8.44. The summed E-state index contributed by atoms with van der Waals surface area (Å²) in [5, 5.41) is 0. The van der Waals surface area contributed by atoms with Gasteiger partial charge in [-0.1, -0.05) is 0 Å². The molecule has 0 N–H and O–H groups in total. The van der Waals surface area contributed by atoms with Crippen LogP contribution in [0.1, 0.15) is 64.4 Å². The van der Waals surface area contributed by atoms with Gasteiger partial charge in [-0.25, -0.2) is 4.98 Å². The number of anilines is 1. The molecule has 0 spiro atoms. The van der Waals surface area contributed by atoms with Crippen molar-refractivity contribution in [2.24, 2.45) is 0 Å². The second-order valence-corrected chi connectivity index (χ2v) is 7.09. The van der Waals surface area contributed by atoms with E-state index in [1.165, 1.54) is 0 Å². The maximum absolute atomic E-state index is 11.5. The van der Waals surface area contributed by atoms with Crippen LogP contribution in [0.4, 0.5) is 5.82 Å². The van der Waals surface area contributed by atoms with Gasteiger partial charge in [0.25, 0.3) is 0 Å². The highest BCUT2D eigenvalue weighted by atomic mass is 35.5. The van der Waals surface area contributed by atoms with Crippen LogP contribution >= 0.6 is 12.4 Å². The highest BCUT2D eigenvalue weighted by Gasteiger charge is 2.32. The first kappa shape index (κ1) is 18.9. The number of nitrogens with zero attached hydrogens (tertiary/aromatic N) is 2. The van der Waals surface area contributed by atoms with Gasteiger partial charge in [0.1, 0.15) is 5.82 Å². The summed E-state index contributed by atoms with van der Waals surface area (Å²) in [5.74, 6) is 0.983. The highest BCUT2D eigenvalue weighted by Crippen LogP contribution is 2.31. The van der Waals surface area contributed by atoms with Crippen LogP contribution in [0.3, 0.4) is 0 Å². The van der Waals surface area contributed by atoms with Crippen molar-refractivity contribution in [1.82, 2.24) is 4.98 Å². The molecule has 3 nitrogen and oxygen atoms in total. The number of halogens is 1. The molecule has 0 saturated heterocycles. The van der Waals surface area contributed by atoms with Gasteiger partial charge < -0.3 is 4.90 Å². The molecule has 0 amide bonds. The number of pyridine rings is 1. The van der Waals surface area contributed by atoms with E-state index in [4.69, 9.17) is 0 Å². The zero-order valence-corrected chi connectivity index (χ0v) is 14.7. The minimum atomic E-state index is -0.0323. The van der Waals surface area contributed by atoms with Gasteiger partial charge >= 0.3 is 0 Å². The van der Waals surface area contributed by atoms with Gasteiger partial charge in [-0.3, -0.25) is 4.79 Å². The molecular formula is C16H27ClN2O.